The highest BCUT2D eigenvalue weighted by molar-refractivity contribution is 6.34. The van der Waals surface area contributed by atoms with Crippen molar-refractivity contribution in [1.29, 1.82) is 0 Å². The van der Waals surface area contributed by atoms with Crippen LogP contribution in [0.25, 0.3) is 11.3 Å². The van der Waals surface area contributed by atoms with Crippen LogP contribution in [-0.2, 0) is 9.53 Å². The van der Waals surface area contributed by atoms with Gasteiger partial charge in [-0.25, -0.2) is 0 Å². The van der Waals surface area contributed by atoms with Crippen molar-refractivity contribution in [3.8, 4) is 11.3 Å². The van der Waals surface area contributed by atoms with Gasteiger partial charge in [0.1, 0.15) is 24.1 Å². The molecule has 1 aromatic heterocycles. The van der Waals surface area contributed by atoms with Crippen LogP contribution in [0.3, 0.4) is 0 Å². The smallest absolute Gasteiger partial charge is 0.261 e. The molecule has 0 radical (unpaired) electrons. The van der Waals surface area contributed by atoms with E-state index in [1.54, 1.807) is 12.1 Å². The van der Waals surface area contributed by atoms with E-state index >= 15 is 0 Å². The molecule has 1 heterocycles. The van der Waals surface area contributed by atoms with E-state index in [0.29, 0.717) is 22.6 Å². The van der Waals surface area contributed by atoms with Crippen LogP contribution in [0, 0.1) is 0 Å². The molecule has 0 unspecified atom stereocenters. The minimum Gasteiger partial charge on any atom is -0.375 e. The molecule has 0 spiro atoms. The van der Waals surface area contributed by atoms with Gasteiger partial charge < -0.3 is 19.9 Å². The lowest BCUT2D eigenvalue weighted by atomic mass is 10.1. The first kappa shape index (κ1) is 18.6. The normalized spacial score (nSPS) is 10.4. The third-order valence-electron chi connectivity index (χ3n) is 3.64. The molecule has 0 saturated carbocycles. The fraction of sp³-hybridized carbons (Fsp3) is 0.105. The van der Waals surface area contributed by atoms with Crippen molar-refractivity contribution < 1.29 is 18.8 Å². The zero-order valence-electron chi connectivity index (χ0n) is 14.4. The topological polar surface area (TPSA) is 93.5 Å². The van der Waals surface area contributed by atoms with Crippen LogP contribution in [0.5, 0.6) is 0 Å². The van der Waals surface area contributed by atoms with Crippen molar-refractivity contribution in [1.82, 2.24) is 5.16 Å². The highest BCUT2D eigenvalue weighted by Gasteiger charge is 2.18. The lowest BCUT2D eigenvalue weighted by Crippen LogP contribution is -2.17. The lowest BCUT2D eigenvalue weighted by Gasteiger charge is -2.10. The predicted octanol–water partition coefficient (Wildman–Crippen LogP) is 3.83. The molecule has 0 aliphatic rings. The van der Waals surface area contributed by atoms with Crippen LogP contribution in [0.4, 0.5) is 11.4 Å². The van der Waals surface area contributed by atoms with Crippen molar-refractivity contribution in [3.05, 3.63) is 65.4 Å². The standard InChI is InChI=1S/C19H16ClN3O4/c1-26-11-17(24)22-16-8-7-13(9-15(16)20)21-19(25)14-10-27-23-18(14)12-5-3-2-4-6-12/h2-10H,11H2,1H3,(H,21,25)(H,22,24). The quantitative estimate of drug-likeness (QED) is 0.672. The second kappa shape index (κ2) is 8.48. The monoisotopic (exact) mass is 385 g/mol. The van der Waals surface area contributed by atoms with E-state index < -0.39 is 0 Å². The largest absolute Gasteiger partial charge is 0.375 e. The average molecular weight is 386 g/mol. The van der Waals surface area contributed by atoms with Crippen molar-refractivity contribution in [3.63, 3.8) is 0 Å². The Balaban J connectivity index is 1.75. The van der Waals surface area contributed by atoms with E-state index in [0.717, 1.165) is 5.56 Å². The Bertz CT molecular complexity index is 957. The molecule has 0 saturated heterocycles. The maximum absolute atomic E-state index is 12.6. The molecule has 8 heteroatoms. The molecule has 2 aromatic carbocycles. The molecule has 2 amide bonds. The number of halogens is 1. The molecule has 0 bridgehead atoms. The Hall–Kier alpha value is -3.16. The summed E-state index contributed by atoms with van der Waals surface area (Å²) in [5, 5.41) is 9.55. The molecule has 27 heavy (non-hydrogen) atoms. The Morgan fingerprint density at radius 2 is 1.93 bits per heavy atom. The summed E-state index contributed by atoms with van der Waals surface area (Å²) in [5.41, 5.74) is 2.41. The number of amides is 2. The number of rotatable bonds is 6. The molecule has 7 nitrogen and oxygen atoms in total. The van der Waals surface area contributed by atoms with Crippen molar-refractivity contribution >= 4 is 34.8 Å². The summed E-state index contributed by atoms with van der Waals surface area (Å²) in [6.07, 6.45) is 1.29. The summed E-state index contributed by atoms with van der Waals surface area (Å²) >= 11 is 6.17. The fourth-order valence-electron chi connectivity index (χ4n) is 2.41. The Morgan fingerprint density at radius 1 is 1.15 bits per heavy atom. The summed E-state index contributed by atoms with van der Waals surface area (Å²) in [6, 6.07) is 14.0. The number of carbonyl (C=O) groups is 2. The third kappa shape index (κ3) is 4.52. The molecule has 0 atom stereocenters. The van der Waals surface area contributed by atoms with E-state index in [9.17, 15) is 9.59 Å². The number of hydrogen-bond donors (Lipinski definition) is 2. The van der Waals surface area contributed by atoms with Gasteiger partial charge in [-0.15, -0.1) is 0 Å². The number of nitrogens with zero attached hydrogens (tertiary/aromatic N) is 1. The van der Waals surface area contributed by atoms with Crippen molar-refractivity contribution in [2.75, 3.05) is 24.4 Å². The summed E-state index contributed by atoms with van der Waals surface area (Å²) in [6.45, 7) is -0.0788. The van der Waals surface area contributed by atoms with Gasteiger partial charge >= 0.3 is 0 Å². The van der Waals surface area contributed by atoms with E-state index in [4.69, 9.17) is 20.9 Å². The maximum atomic E-state index is 12.6. The zero-order chi connectivity index (χ0) is 19.2. The van der Waals surface area contributed by atoms with Gasteiger partial charge in [-0.3, -0.25) is 9.59 Å². The van der Waals surface area contributed by atoms with E-state index in [1.165, 1.54) is 19.4 Å². The summed E-state index contributed by atoms with van der Waals surface area (Å²) in [5.74, 6) is -0.713. The van der Waals surface area contributed by atoms with E-state index in [1.807, 2.05) is 30.3 Å². The van der Waals surface area contributed by atoms with Gasteiger partial charge in [-0.05, 0) is 18.2 Å². The number of carbonyl (C=O) groups excluding carboxylic acids is 2. The number of aromatic nitrogens is 1. The first-order valence-electron chi connectivity index (χ1n) is 7.98. The molecule has 3 rings (SSSR count). The fourth-order valence-corrected chi connectivity index (χ4v) is 2.64. The van der Waals surface area contributed by atoms with Crippen molar-refractivity contribution in [2.24, 2.45) is 0 Å². The summed E-state index contributed by atoms with van der Waals surface area (Å²) in [4.78, 5) is 24.2. The minimum atomic E-state index is -0.387. The molecule has 2 N–H and O–H groups in total. The maximum Gasteiger partial charge on any atom is 0.261 e. The molecule has 138 valence electrons. The zero-order valence-corrected chi connectivity index (χ0v) is 15.1. The summed E-state index contributed by atoms with van der Waals surface area (Å²) in [7, 11) is 1.42. The number of hydrogen-bond acceptors (Lipinski definition) is 5. The second-order valence-electron chi connectivity index (χ2n) is 5.57. The molecule has 0 aliphatic carbocycles. The first-order chi connectivity index (χ1) is 13.1. The van der Waals surface area contributed by atoms with Gasteiger partial charge in [-0.1, -0.05) is 47.1 Å². The van der Waals surface area contributed by atoms with Gasteiger partial charge in [-0.2, -0.15) is 0 Å². The number of anilines is 2. The van der Waals surface area contributed by atoms with Crippen LogP contribution >= 0.6 is 11.6 Å². The SMILES string of the molecule is COCC(=O)Nc1ccc(NC(=O)c2conc2-c2ccccc2)cc1Cl. The number of ether oxygens (including phenoxy) is 1. The average Bonchev–Trinajstić information content (AvgIpc) is 3.15. The van der Waals surface area contributed by atoms with Crippen LogP contribution in [0.15, 0.2) is 59.3 Å². The Kier molecular flexibility index (Phi) is 5.85. The van der Waals surface area contributed by atoms with Crippen LogP contribution < -0.4 is 10.6 Å². The number of nitrogens with one attached hydrogen (secondary N) is 2. The Labute approximate surface area is 160 Å². The molecule has 0 fully saturated rings. The minimum absolute atomic E-state index is 0.0788. The van der Waals surface area contributed by atoms with Crippen molar-refractivity contribution in [2.45, 2.75) is 0 Å². The first-order valence-corrected chi connectivity index (χ1v) is 8.35. The summed E-state index contributed by atoms with van der Waals surface area (Å²) < 4.78 is 9.73. The molecular formula is C19H16ClN3O4. The second-order valence-corrected chi connectivity index (χ2v) is 5.98. The van der Waals surface area contributed by atoms with Crippen LogP contribution in [0.1, 0.15) is 10.4 Å². The van der Waals surface area contributed by atoms with E-state index in [-0.39, 0.29) is 23.4 Å². The Morgan fingerprint density at radius 3 is 2.63 bits per heavy atom. The number of methoxy groups -OCH3 is 1. The predicted molar refractivity (Wildman–Crippen MR) is 102 cm³/mol. The van der Waals surface area contributed by atoms with E-state index in [2.05, 4.69) is 15.8 Å². The number of benzene rings is 2. The highest BCUT2D eigenvalue weighted by Crippen LogP contribution is 2.27. The van der Waals surface area contributed by atoms with Gasteiger partial charge in [0, 0.05) is 18.4 Å². The molecule has 0 aliphatic heterocycles. The molecule has 3 aromatic rings. The van der Waals surface area contributed by atoms with Gasteiger partial charge in [0.25, 0.3) is 5.91 Å². The molecular weight excluding hydrogens is 370 g/mol. The van der Waals surface area contributed by atoms with Crippen LogP contribution in [-0.4, -0.2) is 30.7 Å². The van der Waals surface area contributed by atoms with Gasteiger partial charge in [0.05, 0.1) is 10.7 Å². The highest BCUT2D eigenvalue weighted by atomic mass is 35.5. The lowest BCUT2D eigenvalue weighted by molar-refractivity contribution is -0.119. The van der Waals surface area contributed by atoms with Gasteiger partial charge in [0.15, 0.2) is 0 Å². The van der Waals surface area contributed by atoms with Gasteiger partial charge in [0.2, 0.25) is 5.91 Å². The third-order valence-corrected chi connectivity index (χ3v) is 3.95. The van der Waals surface area contributed by atoms with Crippen LogP contribution in [0.2, 0.25) is 5.02 Å².